The molecule has 1 fully saturated rings. The normalized spacial score (nSPS) is 16.8. The quantitative estimate of drug-likeness (QED) is 0.738. The number of morpholine rings is 1. The van der Waals surface area contributed by atoms with Crippen molar-refractivity contribution in [1.29, 1.82) is 0 Å². The first-order chi connectivity index (χ1) is 13.9. The van der Waals surface area contributed by atoms with Crippen LogP contribution in [0, 0.1) is 0 Å². The molecule has 0 bridgehead atoms. The fourth-order valence-corrected chi connectivity index (χ4v) is 4.65. The highest BCUT2D eigenvalue weighted by Crippen LogP contribution is 2.24. The summed E-state index contributed by atoms with van der Waals surface area (Å²) in [4.78, 5) is 25.7. The number of nitrogens with one attached hydrogen (secondary N) is 1. The molecule has 8 nitrogen and oxygen atoms in total. The second kappa shape index (κ2) is 7.58. The fourth-order valence-electron chi connectivity index (χ4n) is 3.46. The highest BCUT2D eigenvalue weighted by molar-refractivity contribution is 7.89. The van der Waals surface area contributed by atoms with Crippen LogP contribution in [0.2, 0.25) is 0 Å². The Morgan fingerprint density at radius 1 is 1.00 bits per heavy atom. The number of nitrogens with zero attached hydrogens (tertiary/aromatic N) is 2. The maximum Gasteiger partial charge on any atom is 0.258 e. The molecule has 2 aliphatic heterocycles. The molecule has 0 aromatic heterocycles. The summed E-state index contributed by atoms with van der Waals surface area (Å²) in [5.41, 5.74) is 2.20. The van der Waals surface area contributed by atoms with Gasteiger partial charge in [-0.15, -0.1) is 0 Å². The Bertz CT molecular complexity index is 1060. The van der Waals surface area contributed by atoms with Gasteiger partial charge in [0.25, 0.3) is 11.8 Å². The molecule has 1 saturated heterocycles. The minimum atomic E-state index is -3.82. The average Bonchev–Trinajstić information content (AvgIpc) is 3.02. The van der Waals surface area contributed by atoms with E-state index in [0.717, 1.165) is 24.3 Å². The molecule has 2 aromatic carbocycles. The SMILES string of the molecule is CN(Cc1ccc(N2CCOCC2)cc1)S(=O)(=O)c1ccc2c(c1)C(=O)NC2=O. The van der Waals surface area contributed by atoms with Gasteiger partial charge >= 0.3 is 0 Å². The van der Waals surface area contributed by atoms with Crippen molar-refractivity contribution < 1.29 is 22.7 Å². The number of anilines is 1. The third kappa shape index (κ3) is 3.76. The van der Waals surface area contributed by atoms with Gasteiger partial charge in [-0.25, -0.2) is 8.42 Å². The van der Waals surface area contributed by atoms with Crippen LogP contribution in [0.5, 0.6) is 0 Å². The second-order valence-corrected chi connectivity index (χ2v) is 9.06. The van der Waals surface area contributed by atoms with E-state index in [1.165, 1.54) is 29.6 Å². The van der Waals surface area contributed by atoms with Gasteiger partial charge < -0.3 is 9.64 Å². The van der Waals surface area contributed by atoms with Gasteiger partial charge in [0.05, 0.1) is 29.2 Å². The molecule has 9 heteroatoms. The number of hydrogen-bond acceptors (Lipinski definition) is 6. The number of imide groups is 1. The first-order valence-electron chi connectivity index (χ1n) is 9.24. The van der Waals surface area contributed by atoms with Gasteiger partial charge in [0.15, 0.2) is 0 Å². The molecular formula is C20H21N3O5S. The lowest BCUT2D eigenvalue weighted by atomic mass is 10.1. The zero-order valence-electron chi connectivity index (χ0n) is 15.9. The lowest BCUT2D eigenvalue weighted by Crippen LogP contribution is -2.36. The predicted molar refractivity (Wildman–Crippen MR) is 106 cm³/mol. The number of hydrogen-bond donors (Lipinski definition) is 1. The van der Waals surface area contributed by atoms with Crippen molar-refractivity contribution in [2.75, 3.05) is 38.3 Å². The molecular weight excluding hydrogens is 394 g/mol. The van der Waals surface area contributed by atoms with Crippen molar-refractivity contribution in [1.82, 2.24) is 9.62 Å². The summed E-state index contributed by atoms with van der Waals surface area (Å²) in [6.45, 7) is 3.26. The first-order valence-corrected chi connectivity index (χ1v) is 10.7. The molecule has 0 aliphatic carbocycles. The van der Waals surface area contributed by atoms with Gasteiger partial charge in [-0.05, 0) is 35.9 Å². The Kier molecular flexibility index (Phi) is 5.12. The van der Waals surface area contributed by atoms with Crippen molar-refractivity contribution in [2.45, 2.75) is 11.4 Å². The highest BCUT2D eigenvalue weighted by Gasteiger charge is 2.30. The van der Waals surface area contributed by atoms with E-state index in [4.69, 9.17) is 4.74 Å². The largest absolute Gasteiger partial charge is 0.378 e. The maximum atomic E-state index is 12.9. The number of carbonyl (C=O) groups excluding carboxylic acids is 2. The van der Waals surface area contributed by atoms with E-state index in [1.807, 2.05) is 24.3 Å². The Hall–Kier alpha value is -2.75. The van der Waals surface area contributed by atoms with Crippen molar-refractivity contribution in [3.63, 3.8) is 0 Å². The van der Waals surface area contributed by atoms with E-state index in [9.17, 15) is 18.0 Å². The third-order valence-corrected chi connectivity index (χ3v) is 6.93. The van der Waals surface area contributed by atoms with Crippen molar-refractivity contribution in [2.24, 2.45) is 0 Å². The van der Waals surface area contributed by atoms with Crippen LogP contribution in [0.4, 0.5) is 5.69 Å². The maximum absolute atomic E-state index is 12.9. The number of sulfonamides is 1. The molecule has 0 atom stereocenters. The van der Waals surface area contributed by atoms with Gasteiger partial charge in [-0.2, -0.15) is 4.31 Å². The summed E-state index contributed by atoms with van der Waals surface area (Å²) in [5, 5.41) is 2.16. The molecule has 29 heavy (non-hydrogen) atoms. The molecule has 2 aliphatic rings. The number of amides is 2. The van der Waals surface area contributed by atoms with Crippen LogP contribution < -0.4 is 10.2 Å². The van der Waals surface area contributed by atoms with E-state index in [-0.39, 0.29) is 22.6 Å². The zero-order valence-corrected chi connectivity index (χ0v) is 16.7. The van der Waals surface area contributed by atoms with Gasteiger partial charge in [0.2, 0.25) is 10.0 Å². The van der Waals surface area contributed by atoms with Crippen LogP contribution in [-0.4, -0.2) is 57.9 Å². The second-order valence-electron chi connectivity index (χ2n) is 7.02. The summed E-state index contributed by atoms with van der Waals surface area (Å²) >= 11 is 0. The van der Waals surface area contributed by atoms with E-state index in [1.54, 1.807) is 0 Å². The van der Waals surface area contributed by atoms with Crippen LogP contribution in [0.25, 0.3) is 0 Å². The Morgan fingerprint density at radius 2 is 1.66 bits per heavy atom. The summed E-state index contributed by atoms with van der Waals surface area (Å²) in [6, 6.07) is 11.7. The molecule has 152 valence electrons. The predicted octanol–water partition coefficient (Wildman–Crippen LogP) is 1.23. The molecule has 4 rings (SSSR count). The van der Waals surface area contributed by atoms with Gasteiger partial charge in [0.1, 0.15) is 0 Å². The lowest BCUT2D eigenvalue weighted by molar-refractivity contribution is 0.0879. The van der Waals surface area contributed by atoms with Gasteiger partial charge in [0, 0.05) is 32.4 Å². The van der Waals surface area contributed by atoms with E-state index in [0.29, 0.717) is 13.2 Å². The highest BCUT2D eigenvalue weighted by atomic mass is 32.2. The number of fused-ring (bicyclic) bond motifs is 1. The number of benzene rings is 2. The molecule has 0 spiro atoms. The van der Waals surface area contributed by atoms with Crippen LogP contribution >= 0.6 is 0 Å². The topological polar surface area (TPSA) is 96.0 Å². The summed E-state index contributed by atoms with van der Waals surface area (Å²) in [7, 11) is -2.33. The standard InChI is InChI=1S/C20H21N3O5S/c1-22(13-14-2-4-15(5-3-14)23-8-10-28-11-9-23)29(26,27)16-6-7-17-18(12-16)20(25)21-19(17)24/h2-7,12H,8-11,13H2,1H3,(H,21,24,25). The number of ether oxygens (including phenoxy) is 1. The first kappa shape index (κ1) is 19.6. The summed E-state index contributed by atoms with van der Waals surface area (Å²) in [6.07, 6.45) is 0. The molecule has 2 aromatic rings. The molecule has 0 saturated carbocycles. The van der Waals surface area contributed by atoms with Crippen LogP contribution in [-0.2, 0) is 21.3 Å². The van der Waals surface area contributed by atoms with Crippen LogP contribution in [0.15, 0.2) is 47.4 Å². The number of carbonyl (C=O) groups is 2. The van der Waals surface area contributed by atoms with Crippen LogP contribution in [0.1, 0.15) is 26.3 Å². The van der Waals surface area contributed by atoms with Crippen molar-refractivity contribution in [3.05, 3.63) is 59.2 Å². The van der Waals surface area contributed by atoms with Gasteiger partial charge in [-0.3, -0.25) is 14.9 Å². The molecule has 1 N–H and O–H groups in total. The Morgan fingerprint density at radius 3 is 2.34 bits per heavy atom. The molecule has 0 radical (unpaired) electrons. The Balaban J connectivity index is 1.50. The van der Waals surface area contributed by atoms with Gasteiger partial charge in [-0.1, -0.05) is 12.1 Å². The smallest absolute Gasteiger partial charge is 0.258 e. The van der Waals surface area contributed by atoms with E-state index >= 15 is 0 Å². The van der Waals surface area contributed by atoms with E-state index < -0.39 is 21.8 Å². The minimum Gasteiger partial charge on any atom is -0.378 e. The molecule has 0 unspecified atom stereocenters. The zero-order chi connectivity index (χ0) is 20.6. The molecule has 2 amide bonds. The Labute approximate surface area is 169 Å². The van der Waals surface area contributed by atoms with Crippen molar-refractivity contribution in [3.8, 4) is 0 Å². The van der Waals surface area contributed by atoms with Crippen molar-refractivity contribution >= 4 is 27.5 Å². The lowest BCUT2D eigenvalue weighted by Gasteiger charge is -2.29. The molecule has 2 heterocycles. The minimum absolute atomic E-state index is 0.0199. The fraction of sp³-hybridized carbons (Fsp3) is 0.300. The number of rotatable bonds is 5. The third-order valence-electron chi connectivity index (χ3n) is 5.13. The summed E-state index contributed by atoms with van der Waals surface area (Å²) in [5.74, 6) is -1.09. The van der Waals surface area contributed by atoms with Crippen LogP contribution in [0.3, 0.4) is 0 Å². The van der Waals surface area contributed by atoms with E-state index in [2.05, 4.69) is 10.2 Å². The average molecular weight is 415 g/mol. The summed E-state index contributed by atoms with van der Waals surface area (Å²) < 4.78 is 32.4. The monoisotopic (exact) mass is 415 g/mol.